The van der Waals surface area contributed by atoms with Crippen LogP contribution in [0.25, 0.3) is 0 Å². The molecule has 2 rings (SSSR count). The lowest BCUT2D eigenvalue weighted by atomic mass is 9.90. The minimum Gasteiger partial charge on any atom is -0.478 e. The maximum Gasteiger partial charge on any atom is 0.335 e. The molecule has 0 saturated heterocycles. The summed E-state index contributed by atoms with van der Waals surface area (Å²) < 4.78 is 0. The highest BCUT2D eigenvalue weighted by atomic mass is 16.4. The molecule has 0 amide bonds. The van der Waals surface area contributed by atoms with E-state index in [0.717, 1.165) is 11.4 Å². The van der Waals surface area contributed by atoms with Crippen molar-refractivity contribution in [1.82, 2.24) is 9.97 Å². The number of pyridine rings is 2. The fourth-order valence-electron chi connectivity index (χ4n) is 1.88. The molecule has 110 valence electrons. The second kappa shape index (κ2) is 5.52. The average Bonchev–Trinajstić information content (AvgIpc) is 2.46. The average molecular weight is 285 g/mol. The van der Waals surface area contributed by atoms with E-state index in [1.165, 1.54) is 0 Å². The lowest BCUT2D eigenvalue weighted by Gasteiger charge is -2.23. The molecule has 1 N–H and O–H groups in total. The van der Waals surface area contributed by atoms with Crippen LogP contribution in [0, 0.1) is 0 Å². The molecule has 0 aromatic carbocycles. The number of carboxylic acids is 1. The number of anilines is 2. The monoisotopic (exact) mass is 285 g/mol. The fourth-order valence-corrected chi connectivity index (χ4v) is 1.88. The number of aromatic nitrogens is 2. The minimum atomic E-state index is -0.955. The van der Waals surface area contributed by atoms with Crippen LogP contribution < -0.4 is 4.90 Å². The summed E-state index contributed by atoms with van der Waals surface area (Å²) in [6.07, 6.45) is 3.41. The van der Waals surface area contributed by atoms with Gasteiger partial charge in [0.25, 0.3) is 0 Å². The first kappa shape index (κ1) is 15.0. The molecule has 5 heteroatoms. The van der Waals surface area contributed by atoms with Gasteiger partial charge in [0.1, 0.15) is 5.82 Å². The molecular formula is C16H19N3O2. The molecule has 2 aromatic heterocycles. The first-order valence-electron chi connectivity index (χ1n) is 6.68. The van der Waals surface area contributed by atoms with Crippen molar-refractivity contribution in [2.24, 2.45) is 0 Å². The number of hydrogen-bond donors (Lipinski definition) is 1. The summed E-state index contributed by atoms with van der Waals surface area (Å²) in [5, 5.41) is 9.29. The summed E-state index contributed by atoms with van der Waals surface area (Å²) in [6.45, 7) is 6.03. The number of nitrogens with zero attached hydrogens (tertiary/aromatic N) is 3. The zero-order valence-corrected chi connectivity index (χ0v) is 12.7. The second-order valence-corrected chi connectivity index (χ2v) is 5.92. The van der Waals surface area contributed by atoms with Crippen LogP contribution in [0.3, 0.4) is 0 Å². The third-order valence-electron chi connectivity index (χ3n) is 3.20. The van der Waals surface area contributed by atoms with Crippen molar-refractivity contribution in [2.75, 3.05) is 11.9 Å². The molecule has 0 radical (unpaired) electrons. The Labute approximate surface area is 124 Å². The molecule has 2 heterocycles. The highest BCUT2D eigenvalue weighted by Crippen LogP contribution is 2.27. The van der Waals surface area contributed by atoms with Crippen molar-refractivity contribution in [2.45, 2.75) is 26.2 Å². The minimum absolute atomic E-state index is 0.226. The number of carboxylic acid groups (broad SMARTS) is 1. The number of carbonyl (C=O) groups is 1. The van der Waals surface area contributed by atoms with Crippen molar-refractivity contribution < 1.29 is 9.90 Å². The van der Waals surface area contributed by atoms with E-state index in [1.54, 1.807) is 24.5 Å². The van der Waals surface area contributed by atoms with Crippen molar-refractivity contribution in [1.29, 1.82) is 0 Å². The second-order valence-electron chi connectivity index (χ2n) is 5.92. The van der Waals surface area contributed by atoms with Gasteiger partial charge in [-0.15, -0.1) is 0 Å². The van der Waals surface area contributed by atoms with E-state index >= 15 is 0 Å². The predicted octanol–water partition coefficient (Wildman–Crippen LogP) is 3.24. The van der Waals surface area contributed by atoms with Crippen molar-refractivity contribution in [3.05, 3.63) is 47.9 Å². The SMILES string of the molecule is CN(c1cccnc1)c1cc(C(=O)O)cc(C(C)(C)C)n1. The van der Waals surface area contributed by atoms with Gasteiger partial charge in [-0.1, -0.05) is 20.8 Å². The van der Waals surface area contributed by atoms with E-state index < -0.39 is 5.97 Å². The Balaban J connectivity index is 2.53. The molecule has 0 saturated carbocycles. The topological polar surface area (TPSA) is 66.3 Å². The molecule has 0 aliphatic heterocycles. The Kier molecular flexibility index (Phi) is 3.93. The molecular weight excluding hydrogens is 266 g/mol. The molecule has 5 nitrogen and oxygen atoms in total. The van der Waals surface area contributed by atoms with Crippen molar-refractivity contribution >= 4 is 17.5 Å². The lowest BCUT2D eigenvalue weighted by molar-refractivity contribution is 0.0696. The van der Waals surface area contributed by atoms with Gasteiger partial charge in [0, 0.05) is 24.4 Å². The molecule has 0 aliphatic carbocycles. The molecule has 0 bridgehead atoms. The predicted molar refractivity (Wildman–Crippen MR) is 82.2 cm³/mol. The fraction of sp³-hybridized carbons (Fsp3) is 0.312. The molecule has 0 unspecified atom stereocenters. The van der Waals surface area contributed by atoms with Crippen LogP contribution in [0.5, 0.6) is 0 Å². The Morgan fingerprint density at radius 1 is 1.29 bits per heavy atom. The smallest absolute Gasteiger partial charge is 0.335 e. The quantitative estimate of drug-likeness (QED) is 0.937. The summed E-state index contributed by atoms with van der Waals surface area (Å²) in [5.74, 6) is -0.364. The van der Waals surface area contributed by atoms with E-state index in [2.05, 4.69) is 9.97 Å². The highest BCUT2D eigenvalue weighted by Gasteiger charge is 2.20. The highest BCUT2D eigenvalue weighted by molar-refractivity contribution is 5.89. The summed E-state index contributed by atoms with van der Waals surface area (Å²) in [5.41, 5.74) is 1.61. The van der Waals surface area contributed by atoms with Crippen LogP contribution in [0.1, 0.15) is 36.8 Å². The van der Waals surface area contributed by atoms with Crippen molar-refractivity contribution in [3.63, 3.8) is 0 Å². The summed E-state index contributed by atoms with van der Waals surface area (Å²) in [7, 11) is 1.84. The van der Waals surface area contributed by atoms with Crippen LogP contribution in [-0.4, -0.2) is 28.1 Å². The van der Waals surface area contributed by atoms with Crippen LogP contribution >= 0.6 is 0 Å². The summed E-state index contributed by atoms with van der Waals surface area (Å²) in [6, 6.07) is 6.93. The van der Waals surface area contributed by atoms with E-state index in [-0.39, 0.29) is 11.0 Å². The van der Waals surface area contributed by atoms with Gasteiger partial charge < -0.3 is 10.0 Å². The van der Waals surface area contributed by atoms with Crippen LogP contribution in [-0.2, 0) is 5.41 Å². The van der Waals surface area contributed by atoms with Crippen molar-refractivity contribution in [3.8, 4) is 0 Å². The largest absolute Gasteiger partial charge is 0.478 e. The van der Waals surface area contributed by atoms with E-state index in [1.807, 2.05) is 44.9 Å². The van der Waals surface area contributed by atoms with Gasteiger partial charge in [0.15, 0.2) is 0 Å². The molecule has 0 aliphatic rings. The van der Waals surface area contributed by atoms with E-state index in [9.17, 15) is 9.90 Å². The van der Waals surface area contributed by atoms with E-state index in [4.69, 9.17) is 0 Å². The number of rotatable bonds is 3. The van der Waals surface area contributed by atoms with Gasteiger partial charge in [-0.3, -0.25) is 4.98 Å². The molecule has 0 atom stereocenters. The number of aromatic carboxylic acids is 1. The summed E-state index contributed by atoms with van der Waals surface area (Å²) >= 11 is 0. The van der Waals surface area contributed by atoms with Gasteiger partial charge in [-0.05, 0) is 24.3 Å². The Morgan fingerprint density at radius 3 is 2.52 bits per heavy atom. The molecule has 0 spiro atoms. The summed E-state index contributed by atoms with van der Waals surface area (Å²) in [4.78, 5) is 21.8. The standard InChI is InChI=1S/C16H19N3O2/c1-16(2,3)13-8-11(15(20)21)9-14(18-13)19(4)12-6-5-7-17-10-12/h5-10H,1-4H3,(H,20,21). The van der Waals surface area contributed by atoms with Crippen LogP contribution in [0.4, 0.5) is 11.5 Å². The Morgan fingerprint density at radius 2 is 2.00 bits per heavy atom. The zero-order valence-electron chi connectivity index (χ0n) is 12.7. The maximum atomic E-state index is 11.3. The van der Waals surface area contributed by atoms with Gasteiger partial charge in [0.2, 0.25) is 0 Å². The van der Waals surface area contributed by atoms with Crippen LogP contribution in [0.15, 0.2) is 36.7 Å². The molecule has 21 heavy (non-hydrogen) atoms. The van der Waals surface area contributed by atoms with Gasteiger partial charge in [-0.25, -0.2) is 9.78 Å². The molecule has 0 fully saturated rings. The number of hydrogen-bond acceptors (Lipinski definition) is 4. The normalized spacial score (nSPS) is 11.2. The van der Waals surface area contributed by atoms with Gasteiger partial charge >= 0.3 is 5.97 Å². The Bertz CT molecular complexity index is 648. The van der Waals surface area contributed by atoms with E-state index in [0.29, 0.717) is 5.82 Å². The zero-order chi connectivity index (χ0) is 15.6. The molecule has 2 aromatic rings. The third kappa shape index (κ3) is 3.37. The Hall–Kier alpha value is -2.43. The first-order valence-corrected chi connectivity index (χ1v) is 6.68. The third-order valence-corrected chi connectivity index (χ3v) is 3.20. The lowest BCUT2D eigenvalue weighted by Crippen LogP contribution is -2.19. The van der Waals surface area contributed by atoms with Crippen LogP contribution in [0.2, 0.25) is 0 Å². The first-order chi connectivity index (χ1) is 9.79. The van der Waals surface area contributed by atoms with Gasteiger partial charge in [-0.2, -0.15) is 0 Å². The van der Waals surface area contributed by atoms with Gasteiger partial charge in [0.05, 0.1) is 17.4 Å². The maximum absolute atomic E-state index is 11.3.